The van der Waals surface area contributed by atoms with E-state index in [1.54, 1.807) is 17.0 Å². The van der Waals surface area contributed by atoms with Gasteiger partial charge in [-0.15, -0.1) is 0 Å². The smallest absolute Gasteiger partial charge is 0.261 e. The van der Waals surface area contributed by atoms with E-state index in [9.17, 15) is 8.78 Å². The Morgan fingerprint density at radius 3 is 2.76 bits per heavy atom. The molecule has 90 valence electrons. The predicted molar refractivity (Wildman–Crippen MR) is 58.5 cm³/mol. The zero-order chi connectivity index (χ0) is 12.5. The summed E-state index contributed by atoms with van der Waals surface area (Å²) in [4.78, 5) is 5.85. The number of likely N-dealkylation sites (tertiary alicyclic amines) is 1. The highest BCUT2D eigenvalue weighted by Gasteiger charge is 2.40. The van der Waals surface area contributed by atoms with Gasteiger partial charge in [0.05, 0.1) is 17.8 Å². The number of hydrogen-bond donors (Lipinski definition) is 0. The summed E-state index contributed by atoms with van der Waals surface area (Å²) in [6, 6.07) is 5.22. The number of halogens is 2. The normalized spacial score (nSPS) is 21.1. The number of nitrogens with zero attached hydrogens (tertiary/aromatic N) is 3. The predicted octanol–water partition coefficient (Wildman–Crippen LogP) is 2.36. The molecule has 1 atom stereocenters. The first-order chi connectivity index (χ1) is 8.02. The zero-order valence-electron chi connectivity index (χ0n) is 9.53. The van der Waals surface area contributed by atoms with Crippen molar-refractivity contribution in [2.45, 2.75) is 25.3 Å². The first-order valence-corrected chi connectivity index (χ1v) is 5.50. The lowest BCUT2D eigenvalue weighted by molar-refractivity contribution is 0.00815. The minimum atomic E-state index is -2.58. The topological polar surface area (TPSA) is 39.9 Å². The molecular formula is C12H13F2N3. The molecule has 0 N–H and O–H groups in total. The number of alkyl halides is 2. The summed E-state index contributed by atoms with van der Waals surface area (Å²) < 4.78 is 26.2. The van der Waals surface area contributed by atoms with Gasteiger partial charge in [0, 0.05) is 25.2 Å². The molecule has 2 heterocycles. The molecule has 3 nitrogen and oxygen atoms in total. The molecule has 5 heteroatoms. The van der Waals surface area contributed by atoms with Gasteiger partial charge in [-0.3, -0.25) is 9.88 Å². The SMILES string of the molecule is CC(c1ccc(C#N)cn1)N1CCC(F)(F)C1. The van der Waals surface area contributed by atoms with Crippen molar-refractivity contribution in [3.8, 4) is 6.07 Å². The van der Waals surface area contributed by atoms with Crippen LogP contribution in [0.1, 0.15) is 30.6 Å². The molecule has 0 aliphatic carbocycles. The third-order valence-electron chi connectivity index (χ3n) is 3.09. The van der Waals surface area contributed by atoms with Crippen LogP contribution in [0.2, 0.25) is 0 Å². The summed E-state index contributed by atoms with van der Waals surface area (Å²) in [6.45, 7) is 2.03. The molecule has 2 rings (SSSR count). The van der Waals surface area contributed by atoms with Gasteiger partial charge in [-0.2, -0.15) is 5.26 Å². The van der Waals surface area contributed by atoms with Crippen LogP contribution in [0.25, 0.3) is 0 Å². The van der Waals surface area contributed by atoms with E-state index in [4.69, 9.17) is 5.26 Å². The van der Waals surface area contributed by atoms with Crippen LogP contribution in [-0.4, -0.2) is 28.9 Å². The molecule has 1 aliphatic rings. The van der Waals surface area contributed by atoms with Crippen LogP contribution in [0.4, 0.5) is 8.78 Å². The van der Waals surface area contributed by atoms with Gasteiger partial charge in [0.15, 0.2) is 0 Å². The number of hydrogen-bond acceptors (Lipinski definition) is 3. The average Bonchev–Trinajstić information content (AvgIpc) is 2.69. The highest BCUT2D eigenvalue weighted by Crippen LogP contribution is 2.32. The summed E-state index contributed by atoms with van der Waals surface area (Å²) in [7, 11) is 0. The van der Waals surface area contributed by atoms with Gasteiger partial charge in [-0.05, 0) is 19.1 Å². The van der Waals surface area contributed by atoms with E-state index < -0.39 is 5.92 Å². The van der Waals surface area contributed by atoms with Crippen molar-refractivity contribution in [2.75, 3.05) is 13.1 Å². The second-order valence-electron chi connectivity index (χ2n) is 4.34. The van der Waals surface area contributed by atoms with E-state index >= 15 is 0 Å². The number of pyridine rings is 1. The fraction of sp³-hybridized carbons (Fsp3) is 0.500. The molecule has 0 amide bonds. The molecule has 17 heavy (non-hydrogen) atoms. The standard InChI is InChI=1S/C12H13F2N3/c1-9(17-5-4-12(13,14)8-17)11-3-2-10(6-15)7-16-11/h2-3,7,9H,4-5,8H2,1H3. The lowest BCUT2D eigenvalue weighted by atomic mass is 10.1. The largest absolute Gasteiger partial charge is 0.289 e. The Hall–Kier alpha value is -1.54. The second-order valence-corrected chi connectivity index (χ2v) is 4.34. The van der Waals surface area contributed by atoms with Gasteiger partial charge in [0.2, 0.25) is 0 Å². The van der Waals surface area contributed by atoms with E-state index in [0.29, 0.717) is 12.1 Å². The Bertz CT molecular complexity index is 436. The first kappa shape index (κ1) is 11.9. The third-order valence-corrected chi connectivity index (χ3v) is 3.09. The van der Waals surface area contributed by atoms with Crippen LogP contribution in [0.5, 0.6) is 0 Å². The molecular weight excluding hydrogens is 224 g/mol. The Morgan fingerprint density at radius 1 is 1.53 bits per heavy atom. The van der Waals surface area contributed by atoms with E-state index in [1.165, 1.54) is 6.20 Å². The van der Waals surface area contributed by atoms with E-state index in [1.807, 2.05) is 13.0 Å². The summed E-state index contributed by atoms with van der Waals surface area (Å²) in [6.07, 6.45) is 1.38. The molecule has 1 aliphatic heterocycles. The molecule has 0 saturated carbocycles. The Balaban J connectivity index is 2.10. The monoisotopic (exact) mass is 237 g/mol. The molecule has 1 aromatic heterocycles. The van der Waals surface area contributed by atoms with E-state index in [-0.39, 0.29) is 19.0 Å². The maximum Gasteiger partial charge on any atom is 0.261 e. The van der Waals surface area contributed by atoms with E-state index in [0.717, 1.165) is 5.69 Å². The number of rotatable bonds is 2. The molecule has 0 radical (unpaired) electrons. The quantitative estimate of drug-likeness (QED) is 0.792. The minimum Gasteiger partial charge on any atom is -0.289 e. The molecule has 0 aromatic carbocycles. The van der Waals surface area contributed by atoms with Crippen molar-refractivity contribution in [2.24, 2.45) is 0 Å². The molecule has 1 saturated heterocycles. The summed E-state index contributed by atoms with van der Waals surface area (Å²) in [5.41, 5.74) is 1.20. The summed E-state index contributed by atoms with van der Waals surface area (Å²) in [5, 5.41) is 8.65. The third kappa shape index (κ3) is 2.59. The van der Waals surface area contributed by atoms with Gasteiger partial charge in [0.1, 0.15) is 6.07 Å². The van der Waals surface area contributed by atoms with Crippen molar-refractivity contribution < 1.29 is 8.78 Å². The molecule has 1 unspecified atom stereocenters. The van der Waals surface area contributed by atoms with Gasteiger partial charge in [0.25, 0.3) is 5.92 Å². The summed E-state index contributed by atoms with van der Waals surface area (Å²) in [5.74, 6) is -2.58. The van der Waals surface area contributed by atoms with Crippen molar-refractivity contribution in [1.29, 1.82) is 5.26 Å². The lowest BCUT2D eigenvalue weighted by Crippen LogP contribution is -2.28. The Labute approximate surface area is 98.7 Å². The van der Waals surface area contributed by atoms with Crippen molar-refractivity contribution in [3.63, 3.8) is 0 Å². The van der Waals surface area contributed by atoms with Gasteiger partial charge in [-0.25, -0.2) is 8.78 Å². The molecule has 1 fully saturated rings. The van der Waals surface area contributed by atoms with Crippen LogP contribution in [-0.2, 0) is 0 Å². The zero-order valence-corrected chi connectivity index (χ0v) is 9.53. The van der Waals surface area contributed by atoms with Gasteiger partial charge < -0.3 is 0 Å². The second kappa shape index (κ2) is 4.38. The summed E-state index contributed by atoms with van der Waals surface area (Å²) >= 11 is 0. The minimum absolute atomic E-state index is 0.0897. The van der Waals surface area contributed by atoms with Crippen LogP contribution in [0, 0.1) is 11.3 Å². The fourth-order valence-electron chi connectivity index (χ4n) is 2.00. The number of nitriles is 1. The van der Waals surface area contributed by atoms with Crippen LogP contribution >= 0.6 is 0 Å². The average molecular weight is 237 g/mol. The highest BCUT2D eigenvalue weighted by atomic mass is 19.3. The van der Waals surface area contributed by atoms with E-state index in [2.05, 4.69) is 4.98 Å². The molecule has 1 aromatic rings. The maximum absolute atomic E-state index is 13.1. The van der Waals surface area contributed by atoms with Gasteiger partial charge >= 0.3 is 0 Å². The van der Waals surface area contributed by atoms with Crippen LogP contribution in [0.15, 0.2) is 18.3 Å². The fourth-order valence-corrected chi connectivity index (χ4v) is 2.00. The lowest BCUT2D eigenvalue weighted by Gasteiger charge is -2.23. The molecule has 0 spiro atoms. The van der Waals surface area contributed by atoms with Crippen molar-refractivity contribution >= 4 is 0 Å². The Morgan fingerprint density at radius 2 is 2.29 bits per heavy atom. The highest BCUT2D eigenvalue weighted by molar-refractivity contribution is 5.27. The first-order valence-electron chi connectivity index (χ1n) is 5.50. The van der Waals surface area contributed by atoms with Crippen LogP contribution in [0.3, 0.4) is 0 Å². The Kier molecular flexibility index (Phi) is 3.07. The van der Waals surface area contributed by atoms with Crippen molar-refractivity contribution in [3.05, 3.63) is 29.6 Å². The number of aromatic nitrogens is 1. The van der Waals surface area contributed by atoms with Gasteiger partial charge in [-0.1, -0.05) is 0 Å². The maximum atomic E-state index is 13.1. The van der Waals surface area contributed by atoms with Crippen LogP contribution < -0.4 is 0 Å². The van der Waals surface area contributed by atoms with Crippen molar-refractivity contribution in [1.82, 2.24) is 9.88 Å². The molecule has 0 bridgehead atoms.